The standard InChI is InChI=1S/C29H39FN4O6/c1-8-19-14-32-23(13-22(19)30)25(16-33-9-10-34(18(3)15-33)28(38)40-29(4,5)6)39-24-11-17(2)20(27(36)37)12-21(24)26(35)31-7/h11-14,18,25H,8-10,15-16H2,1-7H3,(H,31,35)(H,36,37)/t18-,25-/m1/s1. The number of carboxylic acids is 1. The van der Waals surface area contributed by atoms with Crippen LogP contribution in [0.3, 0.4) is 0 Å². The SMILES string of the molecule is CCc1cnc([C@@H](CN2CCN(C(=O)OC(C)(C)C)[C@H](C)C2)Oc2cc(C)c(C(=O)O)cc2C(=O)NC)cc1F. The predicted octanol–water partition coefficient (Wildman–Crippen LogP) is 4.21. The van der Waals surface area contributed by atoms with E-state index < -0.39 is 29.4 Å². The van der Waals surface area contributed by atoms with E-state index in [-0.39, 0.29) is 35.6 Å². The molecule has 2 heterocycles. The number of hydrogen-bond acceptors (Lipinski definition) is 7. The van der Waals surface area contributed by atoms with Crippen LogP contribution in [-0.2, 0) is 11.2 Å². The maximum absolute atomic E-state index is 14.8. The monoisotopic (exact) mass is 558 g/mol. The Balaban J connectivity index is 1.93. The number of nitrogens with one attached hydrogen (secondary N) is 1. The van der Waals surface area contributed by atoms with Crippen LogP contribution < -0.4 is 10.1 Å². The molecule has 40 heavy (non-hydrogen) atoms. The number of aryl methyl sites for hydroxylation is 2. The Morgan fingerprint density at radius 1 is 1.20 bits per heavy atom. The first kappa shape index (κ1) is 30.8. The Bertz CT molecular complexity index is 1260. The Labute approximate surface area is 234 Å². The molecule has 2 aromatic rings. The van der Waals surface area contributed by atoms with Gasteiger partial charge in [0.15, 0.2) is 6.10 Å². The van der Waals surface area contributed by atoms with Gasteiger partial charge in [0.25, 0.3) is 5.91 Å². The summed E-state index contributed by atoms with van der Waals surface area (Å²) in [5.74, 6) is -1.93. The number of carbonyl (C=O) groups is 3. The quantitative estimate of drug-likeness (QED) is 0.494. The van der Waals surface area contributed by atoms with E-state index in [1.165, 1.54) is 31.4 Å². The van der Waals surface area contributed by atoms with E-state index in [1.807, 2.05) is 34.6 Å². The molecule has 1 aliphatic rings. The van der Waals surface area contributed by atoms with Crippen LogP contribution in [0.1, 0.15) is 78.3 Å². The van der Waals surface area contributed by atoms with Gasteiger partial charge < -0.3 is 24.8 Å². The third-order valence-electron chi connectivity index (χ3n) is 6.72. The van der Waals surface area contributed by atoms with Crippen LogP contribution in [0.4, 0.5) is 9.18 Å². The lowest BCUT2D eigenvalue weighted by atomic mass is 10.0. The summed E-state index contributed by atoms with van der Waals surface area (Å²) in [5, 5.41) is 12.1. The Kier molecular flexibility index (Phi) is 9.73. The normalized spacial score (nSPS) is 16.8. The van der Waals surface area contributed by atoms with Crippen molar-refractivity contribution in [2.45, 2.75) is 65.7 Å². The highest BCUT2D eigenvalue weighted by molar-refractivity contribution is 6.00. The van der Waals surface area contributed by atoms with Crippen molar-refractivity contribution in [2.24, 2.45) is 0 Å². The zero-order valence-electron chi connectivity index (χ0n) is 24.2. The number of rotatable bonds is 8. The lowest BCUT2D eigenvalue weighted by molar-refractivity contribution is -0.00319. The summed E-state index contributed by atoms with van der Waals surface area (Å²) < 4.78 is 26.7. The molecule has 0 bridgehead atoms. The number of hydrogen-bond donors (Lipinski definition) is 2. The van der Waals surface area contributed by atoms with Crippen molar-refractivity contribution in [1.82, 2.24) is 20.1 Å². The van der Waals surface area contributed by atoms with Crippen LogP contribution in [0.2, 0.25) is 0 Å². The fourth-order valence-corrected chi connectivity index (χ4v) is 4.60. The van der Waals surface area contributed by atoms with E-state index in [1.54, 1.807) is 11.8 Å². The van der Waals surface area contributed by atoms with Crippen LogP contribution in [0, 0.1) is 12.7 Å². The maximum Gasteiger partial charge on any atom is 0.410 e. The molecule has 1 aromatic heterocycles. The molecule has 0 aliphatic carbocycles. The van der Waals surface area contributed by atoms with Gasteiger partial charge >= 0.3 is 12.1 Å². The van der Waals surface area contributed by atoms with Gasteiger partial charge in [-0.3, -0.25) is 14.7 Å². The number of carbonyl (C=O) groups excluding carboxylic acids is 2. The number of benzene rings is 1. The number of halogens is 1. The van der Waals surface area contributed by atoms with Gasteiger partial charge in [-0.25, -0.2) is 14.0 Å². The number of aromatic carboxylic acids is 1. The first-order valence-electron chi connectivity index (χ1n) is 13.4. The molecule has 1 aromatic carbocycles. The number of amides is 2. The molecule has 0 saturated carbocycles. The van der Waals surface area contributed by atoms with Crippen molar-refractivity contribution in [3.05, 3.63) is 58.2 Å². The van der Waals surface area contributed by atoms with Crippen molar-refractivity contribution in [3.63, 3.8) is 0 Å². The van der Waals surface area contributed by atoms with Gasteiger partial charge in [0.1, 0.15) is 17.2 Å². The number of ether oxygens (including phenoxy) is 2. The highest BCUT2D eigenvalue weighted by atomic mass is 19.1. The molecule has 11 heteroatoms. The Morgan fingerprint density at radius 3 is 2.45 bits per heavy atom. The third-order valence-corrected chi connectivity index (χ3v) is 6.72. The fraction of sp³-hybridized carbons (Fsp3) is 0.517. The number of carboxylic acid groups (broad SMARTS) is 1. The molecule has 2 atom stereocenters. The van der Waals surface area contributed by atoms with E-state index in [9.17, 15) is 23.9 Å². The van der Waals surface area contributed by atoms with E-state index in [4.69, 9.17) is 9.47 Å². The maximum atomic E-state index is 14.8. The molecule has 0 spiro atoms. The molecule has 2 amide bonds. The smallest absolute Gasteiger partial charge is 0.410 e. The van der Waals surface area contributed by atoms with Crippen LogP contribution in [0.25, 0.3) is 0 Å². The van der Waals surface area contributed by atoms with Gasteiger partial charge in [-0.1, -0.05) is 6.92 Å². The highest BCUT2D eigenvalue weighted by Gasteiger charge is 2.33. The first-order valence-corrected chi connectivity index (χ1v) is 13.4. The van der Waals surface area contributed by atoms with Gasteiger partial charge in [-0.15, -0.1) is 0 Å². The minimum Gasteiger partial charge on any atom is -0.482 e. The molecule has 3 rings (SSSR count). The van der Waals surface area contributed by atoms with Gasteiger partial charge in [-0.05, 0) is 64.8 Å². The van der Waals surface area contributed by atoms with E-state index in [0.29, 0.717) is 42.9 Å². The molecular weight excluding hydrogens is 519 g/mol. The van der Waals surface area contributed by atoms with E-state index in [0.717, 1.165) is 0 Å². The Hall–Kier alpha value is -3.73. The van der Waals surface area contributed by atoms with Crippen molar-refractivity contribution in [1.29, 1.82) is 0 Å². The zero-order chi connectivity index (χ0) is 29.8. The molecule has 1 saturated heterocycles. The van der Waals surface area contributed by atoms with Crippen LogP contribution in [0.15, 0.2) is 24.4 Å². The van der Waals surface area contributed by atoms with Crippen molar-refractivity contribution in [3.8, 4) is 5.75 Å². The molecule has 218 valence electrons. The topological polar surface area (TPSA) is 121 Å². The minimum atomic E-state index is -1.17. The van der Waals surface area contributed by atoms with E-state index >= 15 is 0 Å². The van der Waals surface area contributed by atoms with Gasteiger partial charge in [-0.2, -0.15) is 0 Å². The van der Waals surface area contributed by atoms with Crippen LogP contribution in [0.5, 0.6) is 5.75 Å². The fourth-order valence-electron chi connectivity index (χ4n) is 4.60. The third kappa shape index (κ3) is 7.47. The molecule has 10 nitrogen and oxygen atoms in total. The summed E-state index contributed by atoms with van der Waals surface area (Å²) in [4.78, 5) is 45.3. The van der Waals surface area contributed by atoms with Crippen LogP contribution >= 0.6 is 0 Å². The number of pyridine rings is 1. The van der Waals surface area contributed by atoms with Crippen molar-refractivity contribution in [2.75, 3.05) is 33.2 Å². The molecule has 2 N–H and O–H groups in total. The van der Waals surface area contributed by atoms with Crippen molar-refractivity contribution < 1.29 is 33.4 Å². The van der Waals surface area contributed by atoms with Gasteiger partial charge in [0.2, 0.25) is 0 Å². The average molecular weight is 559 g/mol. The molecule has 0 radical (unpaired) electrons. The van der Waals surface area contributed by atoms with Crippen molar-refractivity contribution >= 4 is 18.0 Å². The van der Waals surface area contributed by atoms with Crippen LogP contribution in [-0.4, -0.2) is 82.7 Å². The minimum absolute atomic E-state index is 0.0222. The first-order chi connectivity index (χ1) is 18.7. The second-order valence-electron chi connectivity index (χ2n) is 11.0. The molecule has 1 fully saturated rings. The summed E-state index contributed by atoms with van der Waals surface area (Å²) >= 11 is 0. The predicted molar refractivity (Wildman–Crippen MR) is 147 cm³/mol. The Morgan fingerprint density at radius 2 is 1.90 bits per heavy atom. The second-order valence-corrected chi connectivity index (χ2v) is 11.0. The zero-order valence-corrected chi connectivity index (χ0v) is 24.2. The second kappa shape index (κ2) is 12.6. The summed E-state index contributed by atoms with van der Waals surface area (Å²) in [7, 11) is 1.44. The highest BCUT2D eigenvalue weighted by Crippen LogP contribution is 2.30. The molecule has 0 unspecified atom stereocenters. The number of piperazine rings is 1. The summed E-state index contributed by atoms with van der Waals surface area (Å²) in [6, 6.07) is 3.96. The summed E-state index contributed by atoms with van der Waals surface area (Å²) in [6.07, 6.45) is 0.781. The number of aromatic nitrogens is 1. The summed E-state index contributed by atoms with van der Waals surface area (Å²) in [5.41, 5.74) is 0.628. The number of nitrogens with zero attached hydrogens (tertiary/aromatic N) is 3. The largest absolute Gasteiger partial charge is 0.482 e. The molecule has 1 aliphatic heterocycles. The lowest BCUT2D eigenvalue weighted by Gasteiger charge is -2.41. The lowest BCUT2D eigenvalue weighted by Crippen LogP contribution is -2.55. The summed E-state index contributed by atoms with van der Waals surface area (Å²) in [6.45, 7) is 12.6. The van der Waals surface area contributed by atoms with Gasteiger partial charge in [0.05, 0.1) is 16.8 Å². The average Bonchev–Trinajstić information content (AvgIpc) is 2.86. The van der Waals surface area contributed by atoms with E-state index in [2.05, 4.69) is 15.2 Å². The molecular formula is C29H39FN4O6. The van der Waals surface area contributed by atoms with Gasteiger partial charge in [0, 0.05) is 51.0 Å².